The van der Waals surface area contributed by atoms with Crippen molar-refractivity contribution in [2.75, 3.05) is 0 Å². The van der Waals surface area contributed by atoms with Crippen LogP contribution in [0.4, 0.5) is 0 Å². The van der Waals surface area contributed by atoms with Crippen LogP contribution < -0.4 is 0 Å². The third kappa shape index (κ3) is 3.75. The van der Waals surface area contributed by atoms with Crippen molar-refractivity contribution < 1.29 is 10.2 Å². The molecule has 2 N–H and O–H groups in total. The molecule has 2 aromatic carbocycles. The number of hydrogen-bond donors (Lipinski definition) is 2. The van der Waals surface area contributed by atoms with Crippen LogP contribution in [0.5, 0.6) is 5.75 Å². The lowest BCUT2D eigenvalue weighted by atomic mass is 9.57. The third-order valence-corrected chi connectivity index (χ3v) is 6.99. The predicted octanol–water partition coefficient (Wildman–Crippen LogP) is 6.10. The summed E-state index contributed by atoms with van der Waals surface area (Å²) in [5, 5.41) is 20.3. The third-order valence-electron chi connectivity index (χ3n) is 6.99. The van der Waals surface area contributed by atoms with E-state index in [9.17, 15) is 10.2 Å². The number of phenolic OH excluding ortho intramolecular Hbond substituents is 1. The Morgan fingerprint density at radius 2 is 1.79 bits per heavy atom. The summed E-state index contributed by atoms with van der Waals surface area (Å²) in [4.78, 5) is 0. The van der Waals surface area contributed by atoms with E-state index in [4.69, 9.17) is 0 Å². The second kappa shape index (κ2) is 8.36. The van der Waals surface area contributed by atoms with Gasteiger partial charge in [-0.05, 0) is 79.7 Å². The molecular weight excluding hydrogens is 356 g/mol. The fourth-order valence-corrected chi connectivity index (χ4v) is 5.96. The van der Waals surface area contributed by atoms with Gasteiger partial charge in [0.05, 0.1) is 6.10 Å². The van der Waals surface area contributed by atoms with Gasteiger partial charge in [-0.3, -0.25) is 0 Å². The first-order chi connectivity index (χ1) is 14.1. The molecular formula is C27H34O2. The van der Waals surface area contributed by atoms with Gasteiger partial charge in [0.15, 0.2) is 0 Å². The van der Waals surface area contributed by atoms with Gasteiger partial charge in [-0.2, -0.15) is 0 Å². The van der Waals surface area contributed by atoms with Gasteiger partial charge in [0.1, 0.15) is 5.75 Å². The summed E-state index contributed by atoms with van der Waals surface area (Å²) in [7, 11) is 0. The van der Waals surface area contributed by atoms with E-state index in [1.54, 1.807) is 11.1 Å². The van der Waals surface area contributed by atoms with Gasteiger partial charge in [0, 0.05) is 5.41 Å². The van der Waals surface area contributed by atoms with E-state index in [1.807, 2.05) is 12.1 Å². The Morgan fingerprint density at radius 3 is 2.55 bits per heavy atom. The number of aliphatic hydroxyl groups excluding tert-OH is 1. The molecule has 5 rings (SSSR count). The molecule has 3 aliphatic carbocycles. The second-order valence-electron chi connectivity index (χ2n) is 9.13. The molecule has 2 heteroatoms. The van der Waals surface area contributed by atoms with Crippen LogP contribution in [0.15, 0.2) is 59.7 Å². The first-order valence-electron chi connectivity index (χ1n) is 11.3. The molecule has 0 bridgehead atoms. The minimum Gasteiger partial charge on any atom is -0.508 e. The molecule has 2 aromatic rings. The largest absolute Gasteiger partial charge is 0.508 e. The number of hydrogen-bond acceptors (Lipinski definition) is 2. The minimum atomic E-state index is -0.156. The maximum Gasteiger partial charge on any atom is 0.115 e. The molecule has 0 amide bonds. The van der Waals surface area contributed by atoms with Crippen molar-refractivity contribution in [3.63, 3.8) is 0 Å². The summed E-state index contributed by atoms with van der Waals surface area (Å²) < 4.78 is 0. The summed E-state index contributed by atoms with van der Waals surface area (Å²) in [5.74, 6) is 0.960. The summed E-state index contributed by atoms with van der Waals surface area (Å²) in [5.41, 5.74) is 7.29. The zero-order valence-corrected chi connectivity index (χ0v) is 17.8. The first-order valence-corrected chi connectivity index (χ1v) is 11.3. The number of phenols is 1. The zero-order chi connectivity index (χ0) is 20.4. The van der Waals surface area contributed by atoms with E-state index in [-0.39, 0.29) is 11.5 Å². The van der Waals surface area contributed by atoms with Crippen LogP contribution in [0.3, 0.4) is 0 Å². The van der Waals surface area contributed by atoms with Gasteiger partial charge >= 0.3 is 0 Å². The van der Waals surface area contributed by atoms with Crippen LogP contribution in [-0.4, -0.2) is 16.3 Å². The molecule has 29 heavy (non-hydrogen) atoms. The average molecular weight is 391 g/mol. The molecule has 0 radical (unpaired) electrons. The number of fused-ring (bicyclic) bond motifs is 4. The Bertz CT molecular complexity index is 883. The number of aryl methyl sites for hydroxylation is 1. The summed E-state index contributed by atoms with van der Waals surface area (Å²) in [6.07, 6.45) is 8.32. The highest BCUT2D eigenvalue weighted by Gasteiger charge is 2.47. The topological polar surface area (TPSA) is 40.5 Å². The van der Waals surface area contributed by atoms with Crippen molar-refractivity contribution in [1.82, 2.24) is 0 Å². The highest BCUT2D eigenvalue weighted by Crippen LogP contribution is 2.56. The van der Waals surface area contributed by atoms with Crippen LogP contribution >= 0.6 is 0 Å². The van der Waals surface area contributed by atoms with Gasteiger partial charge in [-0.1, -0.05) is 67.8 Å². The standard InChI is InChI=1S/C24H26O2.C3H8/c25-19-7-9-22-18(13-19)6-8-23-21-14-20(26)12-17(21)10-11-24(22,23)15-16-4-2-1-3-5-16;1-3-2/h1-5,7,9,13,17,20,25-26H,6,8,10-12,14-15H2;3H2,1-2H3. The molecule has 0 aliphatic heterocycles. The molecule has 3 unspecified atom stereocenters. The number of rotatable bonds is 2. The lowest BCUT2D eigenvalue weighted by Gasteiger charge is -2.47. The molecule has 3 atom stereocenters. The Morgan fingerprint density at radius 1 is 1.03 bits per heavy atom. The van der Waals surface area contributed by atoms with Gasteiger partial charge in [-0.25, -0.2) is 0 Å². The molecule has 2 nitrogen and oxygen atoms in total. The summed E-state index contributed by atoms with van der Waals surface area (Å²) in [6, 6.07) is 16.8. The second-order valence-corrected chi connectivity index (χ2v) is 9.13. The molecule has 1 saturated carbocycles. The number of benzene rings is 2. The van der Waals surface area contributed by atoms with Crippen molar-refractivity contribution >= 4 is 0 Å². The maximum atomic E-state index is 10.3. The average Bonchev–Trinajstić information content (AvgIpc) is 3.09. The fraction of sp³-hybridized carbons (Fsp3) is 0.481. The highest BCUT2D eigenvalue weighted by atomic mass is 16.3. The van der Waals surface area contributed by atoms with Crippen molar-refractivity contribution in [2.24, 2.45) is 5.92 Å². The SMILES string of the molecule is CCC.Oc1ccc2c(c1)CCC1=C3CC(O)CC3CCC12Cc1ccccc1. The van der Waals surface area contributed by atoms with Gasteiger partial charge in [-0.15, -0.1) is 0 Å². The number of allylic oxidation sites excluding steroid dienone is 1. The Hall–Kier alpha value is -2.06. The Kier molecular flexibility index (Phi) is 5.83. The van der Waals surface area contributed by atoms with Crippen molar-refractivity contribution in [3.8, 4) is 5.75 Å². The highest BCUT2D eigenvalue weighted by molar-refractivity contribution is 5.53. The molecule has 0 heterocycles. The first kappa shape index (κ1) is 20.2. The van der Waals surface area contributed by atoms with E-state index >= 15 is 0 Å². The smallest absolute Gasteiger partial charge is 0.115 e. The summed E-state index contributed by atoms with van der Waals surface area (Å²) >= 11 is 0. The van der Waals surface area contributed by atoms with Gasteiger partial charge in [0.25, 0.3) is 0 Å². The van der Waals surface area contributed by atoms with E-state index in [0.29, 0.717) is 11.7 Å². The molecule has 154 valence electrons. The maximum absolute atomic E-state index is 10.3. The van der Waals surface area contributed by atoms with Crippen LogP contribution in [0.25, 0.3) is 0 Å². The van der Waals surface area contributed by atoms with E-state index < -0.39 is 0 Å². The Labute approximate surface area is 175 Å². The quantitative estimate of drug-likeness (QED) is 0.609. The van der Waals surface area contributed by atoms with Gasteiger partial charge < -0.3 is 10.2 Å². The van der Waals surface area contributed by atoms with E-state index in [1.165, 1.54) is 29.5 Å². The molecule has 0 aromatic heterocycles. The van der Waals surface area contributed by atoms with Crippen LogP contribution in [0, 0.1) is 5.92 Å². The predicted molar refractivity (Wildman–Crippen MR) is 119 cm³/mol. The van der Waals surface area contributed by atoms with Crippen molar-refractivity contribution in [3.05, 3.63) is 76.4 Å². The van der Waals surface area contributed by atoms with Crippen LogP contribution in [-0.2, 0) is 18.3 Å². The molecule has 0 saturated heterocycles. The fourth-order valence-electron chi connectivity index (χ4n) is 5.96. The normalized spacial score (nSPS) is 27.4. The lowest BCUT2D eigenvalue weighted by molar-refractivity contribution is 0.177. The monoisotopic (exact) mass is 390 g/mol. The van der Waals surface area contributed by atoms with Gasteiger partial charge in [0.2, 0.25) is 0 Å². The van der Waals surface area contributed by atoms with Crippen molar-refractivity contribution in [1.29, 1.82) is 0 Å². The summed E-state index contributed by atoms with van der Waals surface area (Å²) in [6.45, 7) is 4.25. The van der Waals surface area contributed by atoms with E-state index in [2.05, 4.69) is 50.2 Å². The van der Waals surface area contributed by atoms with Crippen LogP contribution in [0.2, 0.25) is 0 Å². The number of aliphatic hydroxyl groups is 1. The zero-order valence-electron chi connectivity index (χ0n) is 17.8. The Balaban J connectivity index is 0.000000645. The molecule has 0 spiro atoms. The number of aromatic hydroxyl groups is 1. The lowest BCUT2D eigenvalue weighted by Crippen LogP contribution is -2.40. The molecule has 1 fully saturated rings. The molecule has 3 aliphatic rings. The minimum absolute atomic E-state index is 0.0402. The van der Waals surface area contributed by atoms with E-state index in [0.717, 1.165) is 38.5 Å². The van der Waals surface area contributed by atoms with Crippen molar-refractivity contribution in [2.45, 2.75) is 76.7 Å². The van der Waals surface area contributed by atoms with Crippen LogP contribution in [0.1, 0.15) is 69.1 Å².